The van der Waals surface area contributed by atoms with Gasteiger partial charge < -0.3 is 25.2 Å². The van der Waals surface area contributed by atoms with Crippen molar-refractivity contribution in [3.8, 4) is 0 Å². The Morgan fingerprint density at radius 2 is 1.61 bits per heavy atom. The van der Waals surface area contributed by atoms with E-state index < -0.39 is 24.3 Å². The zero-order valence-corrected chi connectivity index (χ0v) is 19.8. The Hall–Kier alpha value is -3.76. The van der Waals surface area contributed by atoms with Crippen molar-refractivity contribution < 1.29 is 50.9 Å². The molecule has 1 unspecified atom stereocenters. The number of alkyl halides is 6. The molecule has 38 heavy (non-hydrogen) atoms. The number of rotatable bonds is 4. The van der Waals surface area contributed by atoms with Crippen LogP contribution in [0.1, 0.15) is 18.5 Å². The number of aromatic nitrogens is 4. The molecule has 0 saturated carbocycles. The van der Waals surface area contributed by atoms with Crippen LogP contribution in [0.15, 0.2) is 30.6 Å². The first-order chi connectivity index (χ1) is 17.6. The second-order valence-corrected chi connectivity index (χ2v) is 8.35. The molecule has 210 valence electrons. The summed E-state index contributed by atoms with van der Waals surface area (Å²) in [6, 6.07) is 5.85. The third-order valence-electron chi connectivity index (χ3n) is 5.30. The minimum absolute atomic E-state index is 0.00626. The first kappa shape index (κ1) is 30.5. The van der Waals surface area contributed by atoms with Crippen LogP contribution in [0.25, 0.3) is 0 Å². The number of aryl methyl sites for hydroxylation is 1. The number of carboxylic acids is 2. The maximum atomic E-state index is 10.6. The van der Waals surface area contributed by atoms with E-state index in [0.29, 0.717) is 11.9 Å². The molecule has 2 aliphatic rings. The van der Waals surface area contributed by atoms with Crippen molar-refractivity contribution in [3.05, 3.63) is 36.3 Å². The van der Waals surface area contributed by atoms with E-state index in [0.717, 1.165) is 50.6 Å². The number of carboxylic acid groups (broad SMARTS) is 2. The summed E-state index contributed by atoms with van der Waals surface area (Å²) in [5.74, 6) is -3.38. The first-order valence-electron chi connectivity index (χ1n) is 10.9. The number of halogens is 6. The van der Waals surface area contributed by atoms with E-state index in [4.69, 9.17) is 24.5 Å². The lowest BCUT2D eigenvalue weighted by molar-refractivity contribution is -0.193. The molecule has 0 aromatic carbocycles. The van der Waals surface area contributed by atoms with Crippen molar-refractivity contribution in [1.82, 2.24) is 20.2 Å². The number of ether oxygens (including phenoxy) is 1. The van der Waals surface area contributed by atoms with Gasteiger partial charge in [-0.2, -0.15) is 31.4 Å². The highest BCUT2D eigenvalue weighted by Gasteiger charge is 2.47. The van der Waals surface area contributed by atoms with Gasteiger partial charge in [-0.15, -0.1) is 5.10 Å². The van der Waals surface area contributed by atoms with Gasteiger partial charge in [0.2, 0.25) is 5.95 Å². The van der Waals surface area contributed by atoms with Crippen LogP contribution in [0.4, 0.5) is 38.1 Å². The van der Waals surface area contributed by atoms with Crippen molar-refractivity contribution in [2.24, 2.45) is 5.92 Å². The molecule has 1 spiro atoms. The molecule has 2 aromatic rings. The summed E-state index contributed by atoms with van der Waals surface area (Å²) in [5, 5.41) is 25.9. The Bertz CT molecular complexity index is 1020. The molecule has 0 amide bonds. The zero-order chi connectivity index (χ0) is 28.6. The summed E-state index contributed by atoms with van der Waals surface area (Å²) >= 11 is 0. The van der Waals surface area contributed by atoms with Gasteiger partial charge in [0, 0.05) is 18.9 Å². The van der Waals surface area contributed by atoms with E-state index in [1.807, 2.05) is 25.1 Å². The molecule has 0 radical (unpaired) electrons. The molecule has 1 atom stereocenters. The van der Waals surface area contributed by atoms with Crippen LogP contribution < -0.4 is 10.2 Å². The van der Waals surface area contributed by atoms with E-state index in [1.165, 1.54) is 0 Å². The van der Waals surface area contributed by atoms with Gasteiger partial charge in [-0.1, -0.05) is 0 Å². The lowest BCUT2D eigenvalue weighted by Crippen LogP contribution is -2.65. The average molecular weight is 554 g/mol. The molecule has 2 aliphatic heterocycles. The molecular weight excluding hydrogens is 530 g/mol. The summed E-state index contributed by atoms with van der Waals surface area (Å²) in [5.41, 5.74) is 0.951. The van der Waals surface area contributed by atoms with Crippen LogP contribution in [-0.4, -0.2) is 86.5 Å². The molecule has 17 heteroatoms. The van der Waals surface area contributed by atoms with Crippen molar-refractivity contribution in [2.45, 2.75) is 37.7 Å². The van der Waals surface area contributed by atoms with E-state index >= 15 is 0 Å². The average Bonchev–Trinajstić information content (AvgIpc) is 2.82. The predicted octanol–water partition coefficient (Wildman–Crippen LogP) is 2.94. The van der Waals surface area contributed by atoms with Gasteiger partial charge in [0.05, 0.1) is 25.4 Å². The molecule has 2 aromatic heterocycles. The second-order valence-electron chi connectivity index (χ2n) is 8.35. The monoisotopic (exact) mass is 554 g/mol. The van der Waals surface area contributed by atoms with Crippen molar-refractivity contribution in [2.75, 3.05) is 36.5 Å². The van der Waals surface area contributed by atoms with Gasteiger partial charge in [0.25, 0.3) is 0 Å². The number of anilines is 2. The van der Waals surface area contributed by atoms with Gasteiger partial charge in [-0.3, -0.25) is 0 Å². The van der Waals surface area contributed by atoms with Crippen LogP contribution in [0.2, 0.25) is 0 Å². The van der Waals surface area contributed by atoms with E-state index in [9.17, 15) is 26.3 Å². The third-order valence-corrected chi connectivity index (χ3v) is 5.30. The quantitative estimate of drug-likeness (QED) is 0.479. The molecule has 0 aliphatic carbocycles. The van der Waals surface area contributed by atoms with Crippen molar-refractivity contribution in [1.29, 1.82) is 0 Å². The first-order valence-corrected chi connectivity index (χ1v) is 10.9. The third kappa shape index (κ3) is 9.60. The Morgan fingerprint density at radius 1 is 1.05 bits per heavy atom. The zero-order valence-electron chi connectivity index (χ0n) is 19.8. The maximum absolute atomic E-state index is 10.6. The lowest BCUT2D eigenvalue weighted by Gasteiger charge is -2.53. The molecule has 2 fully saturated rings. The molecule has 2 saturated heterocycles. The van der Waals surface area contributed by atoms with Gasteiger partial charge in [0.15, 0.2) is 5.82 Å². The SMILES string of the molecule is Cc1ccc(N2CC3(CCC(CNc4ncccn4)CO3)C2)nn1.O=C(O)C(F)(F)F.O=C(O)C(F)(F)F. The lowest BCUT2D eigenvalue weighted by atomic mass is 9.83. The normalized spacial score (nSPS) is 18.2. The Labute approximate surface area is 211 Å². The molecule has 11 nitrogen and oxygen atoms in total. The summed E-state index contributed by atoms with van der Waals surface area (Å²) in [4.78, 5) is 28.4. The van der Waals surface area contributed by atoms with E-state index in [-0.39, 0.29) is 5.60 Å². The minimum Gasteiger partial charge on any atom is -0.475 e. The fraction of sp³-hybridized carbons (Fsp3) is 0.524. The molecule has 4 heterocycles. The maximum Gasteiger partial charge on any atom is 0.490 e. The highest BCUT2D eigenvalue weighted by atomic mass is 19.4. The predicted molar refractivity (Wildman–Crippen MR) is 118 cm³/mol. The largest absolute Gasteiger partial charge is 0.490 e. The molecular formula is C21H24F6N6O5. The summed E-state index contributed by atoms with van der Waals surface area (Å²) in [6.07, 6.45) is -4.42. The van der Waals surface area contributed by atoms with Crippen LogP contribution in [0.3, 0.4) is 0 Å². The summed E-state index contributed by atoms with van der Waals surface area (Å²) < 4.78 is 69.7. The number of hydrogen-bond acceptors (Lipinski definition) is 9. The second kappa shape index (κ2) is 12.7. The van der Waals surface area contributed by atoms with Gasteiger partial charge in [-0.25, -0.2) is 19.6 Å². The van der Waals surface area contributed by atoms with Gasteiger partial charge >= 0.3 is 24.3 Å². The van der Waals surface area contributed by atoms with Crippen molar-refractivity contribution >= 4 is 23.7 Å². The van der Waals surface area contributed by atoms with E-state index in [2.05, 4.69) is 30.4 Å². The number of aliphatic carboxylic acids is 2. The van der Waals surface area contributed by atoms with Gasteiger partial charge in [-0.05, 0) is 43.9 Å². The Morgan fingerprint density at radius 3 is 2.03 bits per heavy atom. The number of nitrogens with one attached hydrogen (secondary N) is 1. The number of carbonyl (C=O) groups is 2. The van der Waals surface area contributed by atoms with Crippen LogP contribution in [-0.2, 0) is 14.3 Å². The van der Waals surface area contributed by atoms with Crippen LogP contribution in [0, 0.1) is 12.8 Å². The standard InChI is InChI=1S/C17H22N6O.2C2HF3O2/c1-13-3-4-15(22-21-13)23-11-17(12-23)6-5-14(10-24-17)9-20-16-18-7-2-8-19-16;2*3-2(4,5)1(6)7/h2-4,7-8,14H,5-6,9-12H2,1H3,(H,18,19,20);2*(H,6,7). The smallest absolute Gasteiger partial charge is 0.475 e. The van der Waals surface area contributed by atoms with Crippen molar-refractivity contribution in [3.63, 3.8) is 0 Å². The fourth-order valence-electron chi connectivity index (χ4n) is 3.33. The molecule has 0 bridgehead atoms. The highest BCUT2D eigenvalue weighted by Crippen LogP contribution is 2.37. The minimum atomic E-state index is -5.08. The summed E-state index contributed by atoms with van der Waals surface area (Å²) in [6.45, 7) is 5.41. The highest BCUT2D eigenvalue weighted by molar-refractivity contribution is 5.73. The number of nitrogens with zero attached hydrogens (tertiary/aromatic N) is 5. The Kier molecular flexibility index (Phi) is 10.1. The molecule has 4 rings (SSSR count). The Balaban J connectivity index is 0.000000301. The van der Waals surface area contributed by atoms with Crippen LogP contribution >= 0.6 is 0 Å². The fourth-order valence-corrected chi connectivity index (χ4v) is 3.33. The van der Waals surface area contributed by atoms with Crippen LogP contribution in [0.5, 0.6) is 0 Å². The number of hydrogen-bond donors (Lipinski definition) is 3. The summed E-state index contributed by atoms with van der Waals surface area (Å²) in [7, 11) is 0. The van der Waals surface area contributed by atoms with E-state index in [1.54, 1.807) is 12.4 Å². The topological polar surface area (TPSA) is 151 Å². The van der Waals surface area contributed by atoms with Gasteiger partial charge in [0.1, 0.15) is 5.60 Å². The molecule has 3 N–H and O–H groups in total.